The second-order valence-electron chi connectivity index (χ2n) is 5.75. The third-order valence-corrected chi connectivity index (χ3v) is 3.67. The van der Waals surface area contributed by atoms with E-state index in [1.54, 1.807) is 12.1 Å². The van der Waals surface area contributed by atoms with Gasteiger partial charge in [-0.15, -0.1) is 12.4 Å². The van der Waals surface area contributed by atoms with Crippen LogP contribution in [-0.2, 0) is 11.2 Å². The normalized spacial score (nSPS) is 19.4. The highest BCUT2D eigenvalue weighted by Crippen LogP contribution is 2.13. The Hall–Kier alpha value is -1.13. The Morgan fingerprint density at radius 3 is 3.00 bits per heavy atom. The molecule has 1 saturated heterocycles. The van der Waals surface area contributed by atoms with E-state index in [0.29, 0.717) is 6.42 Å². The summed E-state index contributed by atoms with van der Waals surface area (Å²) in [5.74, 6) is 0.100. The van der Waals surface area contributed by atoms with Crippen LogP contribution in [0.4, 0.5) is 4.39 Å². The number of hydrogen-bond donors (Lipinski definition) is 2. The van der Waals surface area contributed by atoms with Crippen LogP contribution in [0.3, 0.4) is 0 Å². The first-order valence-electron chi connectivity index (χ1n) is 7.38. The SMILES string of the molecule is CC(CC(=O)NC1CCCNC1)Cc1cccc(F)c1.Cl. The standard InChI is InChI=1S/C16H23FN2O.ClH/c1-12(8-13-4-2-5-14(17)10-13)9-16(20)19-15-6-3-7-18-11-15;/h2,4-5,10,12,15,18H,3,6-9,11H2,1H3,(H,19,20);1H. The Bertz CT molecular complexity index is 450. The van der Waals surface area contributed by atoms with Crippen molar-refractivity contribution >= 4 is 18.3 Å². The lowest BCUT2D eigenvalue weighted by molar-refractivity contribution is -0.122. The first-order valence-corrected chi connectivity index (χ1v) is 7.38. The van der Waals surface area contributed by atoms with Crippen LogP contribution in [0.5, 0.6) is 0 Å². The number of carbonyl (C=O) groups excluding carboxylic acids is 1. The maximum absolute atomic E-state index is 13.1. The molecule has 118 valence electrons. The Morgan fingerprint density at radius 1 is 1.52 bits per heavy atom. The van der Waals surface area contributed by atoms with E-state index in [2.05, 4.69) is 10.6 Å². The average molecular weight is 315 g/mol. The number of benzene rings is 1. The number of nitrogens with one attached hydrogen (secondary N) is 2. The van der Waals surface area contributed by atoms with Crippen LogP contribution in [0.15, 0.2) is 24.3 Å². The molecule has 21 heavy (non-hydrogen) atoms. The molecule has 0 saturated carbocycles. The predicted molar refractivity (Wildman–Crippen MR) is 85.2 cm³/mol. The number of carbonyl (C=O) groups is 1. The molecule has 0 bridgehead atoms. The molecule has 1 aromatic carbocycles. The van der Waals surface area contributed by atoms with Gasteiger partial charge >= 0.3 is 0 Å². The predicted octanol–water partition coefficient (Wildman–Crippen LogP) is 2.68. The fourth-order valence-electron chi connectivity index (χ4n) is 2.72. The van der Waals surface area contributed by atoms with E-state index in [-0.39, 0.29) is 36.1 Å². The first-order chi connectivity index (χ1) is 9.63. The minimum atomic E-state index is -0.215. The summed E-state index contributed by atoms with van der Waals surface area (Å²) >= 11 is 0. The first kappa shape index (κ1) is 17.9. The Kier molecular flexibility index (Phi) is 7.68. The zero-order valence-corrected chi connectivity index (χ0v) is 13.2. The summed E-state index contributed by atoms with van der Waals surface area (Å²) in [5.41, 5.74) is 0.949. The van der Waals surface area contributed by atoms with E-state index in [0.717, 1.165) is 37.9 Å². The van der Waals surface area contributed by atoms with Gasteiger partial charge in [0.25, 0.3) is 0 Å². The molecule has 3 nitrogen and oxygen atoms in total. The van der Waals surface area contributed by atoms with Gasteiger partial charge in [0.05, 0.1) is 0 Å². The molecule has 2 N–H and O–H groups in total. The topological polar surface area (TPSA) is 41.1 Å². The molecule has 1 fully saturated rings. The number of amides is 1. The third kappa shape index (κ3) is 6.44. The van der Waals surface area contributed by atoms with Gasteiger partial charge in [0.1, 0.15) is 5.82 Å². The highest BCUT2D eigenvalue weighted by Gasteiger charge is 2.17. The minimum Gasteiger partial charge on any atom is -0.352 e. The van der Waals surface area contributed by atoms with E-state index in [1.807, 2.05) is 13.0 Å². The number of rotatable bonds is 5. The molecule has 0 radical (unpaired) electrons. The van der Waals surface area contributed by atoms with Gasteiger partial charge in [-0.2, -0.15) is 0 Å². The van der Waals surface area contributed by atoms with Crippen molar-refractivity contribution in [3.8, 4) is 0 Å². The summed E-state index contributed by atoms with van der Waals surface area (Å²) in [5, 5.41) is 6.35. The lowest BCUT2D eigenvalue weighted by Gasteiger charge is -2.24. The van der Waals surface area contributed by atoms with Crippen LogP contribution in [0.25, 0.3) is 0 Å². The van der Waals surface area contributed by atoms with Gasteiger partial charge in [0.2, 0.25) is 5.91 Å². The van der Waals surface area contributed by atoms with Gasteiger partial charge in [-0.1, -0.05) is 19.1 Å². The zero-order valence-electron chi connectivity index (χ0n) is 12.4. The van der Waals surface area contributed by atoms with Crippen molar-refractivity contribution in [3.05, 3.63) is 35.6 Å². The molecule has 1 aromatic rings. The highest BCUT2D eigenvalue weighted by atomic mass is 35.5. The molecular weight excluding hydrogens is 291 g/mol. The van der Waals surface area contributed by atoms with E-state index in [9.17, 15) is 9.18 Å². The maximum atomic E-state index is 13.1. The van der Waals surface area contributed by atoms with Gasteiger partial charge < -0.3 is 10.6 Å². The van der Waals surface area contributed by atoms with Crippen molar-refractivity contribution < 1.29 is 9.18 Å². The van der Waals surface area contributed by atoms with Crippen LogP contribution >= 0.6 is 12.4 Å². The summed E-state index contributed by atoms with van der Waals surface area (Å²) in [6.07, 6.45) is 3.39. The van der Waals surface area contributed by atoms with Gasteiger partial charge in [0.15, 0.2) is 0 Å². The van der Waals surface area contributed by atoms with Gasteiger partial charge in [-0.3, -0.25) is 4.79 Å². The van der Waals surface area contributed by atoms with E-state index < -0.39 is 0 Å². The molecule has 2 atom stereocenters. The molecule has 0 aromatic heterocycles. The Balaban J connectivity index is 0.00000220. The molecule has 2 rings (SSSR count). The molecule has 2 unspecified atom stereocenters. The quantitative estimate of drug-likeness (QED) is 0.877. The van der Waals surface area contributed by atoms with E-state index in [4.69, 9.17) is 0 Å². The molecular formula is C16H24ClFN2O. The molecule has 0 spiro atoms. The van der Waals surface area contributed by atoms with Crippen molar-refractivity contribution in [1.29, 1.82) is 0 Å². The molecule has 1 heterocycles. The summed E-state index contributed by atoms with van der Waals surface area (Å²) in [7, 11) is 0. The fraction of sp³-hybridized carbons (Fsp3) is 0.562. The van der Waals surface area contributed by atoms with Crippen LogP contribution < -0.4 is 10.6 Å². The number of hydrogen-bond acceptors (Lipinski definition) is 2. The minimum absolute atomic E-state index is 0. The van der Waals surface area contributed by atoms with Gasteiger partial charge in [0, 0.05) is 19.0 Å². The summed E-state index contributed by atoms with van der Waals surface area (Å²) in [6, 6.07) is 6.86. The van der Waals surface area contributed by atoms with Gasteiger partial charge in [-0.25, -0.2) is 4.39 Å². The van der Waals surface area contributed by atoms with Crippen molar-refractivity contribution in [2.24, 2.45) is 5.92 Å². The molecule has 0 aliphatic carbocycles. The van der Waals surface area contributed by atoms with Crippen molar-refractivity contribution in [1.82, 2.24) is 10.6 Å². The third-order valence-electron chi connectivity index (χ3n) is 3.67. The maximum Gasteiger partial charge on any atom is 0.220 e. The van der Waals surface area contributed by atoms with Crippen LogP contribution in [-0.4, -0.2) is 25.0 Å². The van der Waals surface area contributed by atoms with Crippen LogP contribution in [0, 0.1) is 11.7 Å². The fourth-order valence-corrected chi connectivity index (χ4v) is 2.72. The lowest BCUT2D eigenvalue weighted by Crippen LogP contribution is -2.45. The van der Waals surface area contributed by atoms with E-state index in [1.165, 1.54) is 6.07 Å². The Labute approximate surface area is 132 Å². The van der Waals surface area contributed by atoms with Crippen molar-refractivity contribution in [3.63, 3.8) is 0 Å². The smallest absolute Gasteiger partial charge is 0.220 e. The lowest BCUT2D eigenvalue weighted by atomic mass is 9.97. The molecule has 1 aliphatic rings. The molecule has 5 heteroatoms. The zero-order chi connectivity index (χ0) is 14.4. The summed E-state index contributed by atoms with van der Waals surface area (Å²) in [6.45, 7) is 3.94. The molecule has 1 amide bonds. The van der Waals surface area contributed by atoms with Crippen molar-refractivity contribution in [2.45, 2.75) is 38.6 Å². The largest absolute Gasteiger partial charge is 0.352 e. The second-order valence-corrected chi connectivity index (χ2v) is 5.75. The van der Waals surface area contributed by atoms with Crippen molar-refractivity contribution in [2.75, 3.05) is 13.1 Å². The molecule has 1 aliphatic heterocycles. The number of halogens is 2. The van der Waals surface area contributed by atoms with Crippen LogP contribution in [0.2, 0.25) is 0 Å². The highest BCUT2D eigenvalue weighted by molar-refractivity contribution is 5.85. The Morgan fingerprint density at radius 2 is 2.33 bits per heavy atom. The monoisotopic (exact) mass is 314 g/mol. The average Bonchev–Trinajstić information content (AvgIpc) is 2.39. The van der Waals surface area contributed by atoms with E-state index >= 15 is 0 Å². The van der Waals surface area contributed by atoms with Crippen LogP contribution in [0.1, 0.15) is 31.7 Å². The summed E-state index contributed by atoms with van der Waals surface area (Å²) < 4.78 is 13.1. The number of piperidine rings is 1. The van der Waals surface area contributed by atoms with Gasteiger partial charge in [-0.05, 0) is 49.4 Å². The second kappa shape index (κ2) is 9.00. The summed E-state index contributed by atoms with van der Waals surface area (Å²) in [4.78, 5) is 12.0.